The van der Waals surface area contributed by atoms with Gasteiger partial charge in [-0.15, -0.1) is 0 Å². The molecule has 0 bridgehead atoms. The molecule has 164 valence electrons. The summed E-state index contributed by atoms with van der Waals surface area (Å²) in [4.78, 5) is 28.8. The highest BCUT2D eigenvalue weighted by Gasteiger charge is 2.16. The molecule has 0 saturated heterocycles. The molecule has 0 aliphatic rings. The number of hydrogen-bond acceptors (Lipinski definition) is 7. The van der Waals surface area contributed by atoms with Gasteiger partial charge in [0.1, 0.15) is 12.2 Å². The molecule has 2 N–H and O–H groups in total. The molecule has 4 aromatic heterocycles. The van der Waals surface area contributed by atoms with Crippen molar-refractivity contribution in [2.75, 3.05) is 12.4 Å². The summed E-state index contributed by atoms with van der Waals surface area (Å²) in [5, 5.41) is 7.57. The van der Waals surface area contributed by atoms with E-state index in [1.165, 1.54) is 13.4 Å². The number of aryl methyl sites for hydroxylation is 1. The van der Waals surface area contributed by atoms with Crippen LogP contribution in [0.25, 0.3) is 28.3 Å². The zero-order valence-corrected chi connectivity index (χ0v) is 18.1. The van der Waals surface area contributed by atoms with Crippen LogP contribution in [0.2, 0.25) is 0 Å². The number of H-pyrrole nitrogens is 1. The number of nitrogens with one attached hydrogen (secondary N) is 2. The lowest BCUT2D eigenvalue weighted by Crippen LogP contribution is -2.03. The molecule has 0 saturated carbocycles. The molecule has 9 nitrogen and oxygen atoms in total. The van der Waals surface area contributed by atoms with Gasteiger partial charge in [0.05, 0.1) is 36.3 Å². The first kappa shape index (κ1) is 20.4. The summed E-state index contributed by atoms with van der Waals surface area (Å²) >= 11 is 0. The van der Waals surface area contributed by atoms with E-state index in [1.807, 2.05) is 55.6 Å². The molecule has 5 aromatic rings. The van der Waals surface area contributed by atoms with Gasteiger partial charge in [-0.1, -0.05) is 6.07 Å². The van der Waals surface area contributed by atoms with Crippen LogP contribution in [0.15, 0.2) is 67.1 Å². The summed E-state index contributed by atoms with van der Waals surface area (Å²) in [5.41, 5.74) is 6.37. The first-order valence-corrected chi connectivity index (χ1v) is 10.4. The van der Waals surface area contributed by atoms with Crippen molar-refractivity contribution in [1.82, 2.24) is 29.5 Å². The monoisotopic (exact) mass is 439 g/mol. The molecule has 0 aliphatic heterocycles. The van der Waals surface area contributed by atoms with E-state index in [4.69, 9.17) is 9.72 Å². The van der Waals surface area contributed by atoms with Crippen molar-refractivity contribution in [3.05, 3.63) is 84.2 Å². The number of carbonyl (C=O) groups excluding carboxylic acids is 1. The largest absolute Gasteiger partial charge is 0.465 e. The maximum Gasteiger partial charge on any atom is 0.337 e. The molecule has 0 amide bonds. The number of pyridine rings is 2. The zero-order valence-electron chi connectivity index (χ0n) is 18.1. The first-order valence-electron chi connectivity index (χ1n) is 10.4. The second-order valence-electron chi connectivity index (χ2n) is 7.47. The van der Waals surface area contributed by atoms with Crippen LogP contribution in [0.3, 0.4) is 0 Å². The highest BCUT2D eigenvalue weighted by Crippen LogP contribution is 2.29. The Balaban J connectivity index is 1.47. The number of methoxy groups -OCH3 is 1. The summed E-state index contributed by atoms with van der Waals surface area (Å²) in [7, 11) is 1.37. The Morgan fingerprint density at radius 1 is 1.09 bits per heavy atom. The second-order valence-corrected chi connectivity index (χ2v) is 7.47. The summed E-state index contributed by atoms with van der Waals surface area (Å²) in [6.45, 7) is 2.42. The van der Waals surface area contributed by atoms with Crippen LogP contribution >= 0.6 is 0 Å². The van der Waals surface area contributed by atoms with Crippen LogP contribution in [-0.4, -0.2) is 42.6 Å². The van der Waals surface area contributed by atoms with Crippen LogP contribution in [-0.2, 0) is 11.3 Å². The zero-order chi connectivity index (χ0) is 22.8. The molecule has 9 heteroatoms. The lowest BCUT2D eigenvalue weighted by molar-refractivity contribution is 0.0601. The summed E-state index contributed by atoms with van der Waals surface area (Å²) in [6.07, 6.45) is 3.42. The van der Waals surface area contributed by atoms with E-state index in [0.29, 0.717) is 12.1 Å². The van der Waals surface area contributed by atoms with E-state index in [2.05, 4.69) is 25.4 Å². The highest BCUT2D eigenvalue weighted by atomic mass is 16.5. The van der Waals surface area contributed by atoms with E-state index in [0.717, 1.165) is 45.5 Å². The molecule has 4 heterocycles. The smallest absolute Gasteiger partial charge is 0.337 e. The van der Waals surface area contributed by atoms with Crippen molar-refractivity contribution in [3.8, 4) is 22.6 Å². The van der Waals surface area contributed by atoms with Crippen LogP contribution in [0.5, 0.6) is 0 Å². The molecular weight excluding hydrogens is 418 g/mol. The van der Waals surface area contributed by atoms with Crippen molar-refractivity contribution in [2.45, 2.75) is 13.5 Å². The molecule has 0 spiro atoms. The maximum absolute atomic E-state index is 11.6. The number of carbonyl (C=O) groups is 1. The minimum Gasteiger partial charge on any atom is -0.465 e. The third-order valence-corrected chi connectivity index (χ3v) is 5.21. The quantitative estimate of drug-likeness (QED) is 0.386. The van der Waals surface area contributed by atoms with E-state index in [9.17, 15) is 4.79 Å². The number of aromatic nitrogens is 6. The Labute approximate surface area is 189 Å². The Kier molecular flexibility index (Phi) is 5.27. The third-order valence-electron chi connectivity index (χ3n) is 5.21. The number of benzene rings is 1. The molecule has 0 unspecified atom stereocenters. The van der Waals surface area contributed by atoms with Crippen molar-refractivity contribution in [3.63, 3.8) is 0 Å². The van der Waals surface area contributed by atoms with Gasteiger partial charge in [0.2, 0.25) is 0 Å². The van der Waals surface area contributed by atoms with Crippen molar-refractivity contribution >= 4 is 17.3 Å². The predicted molar refractivity (Wildman–Crippen MR) is 124 cm³/mol. The van der Waals surface area contributed by atoms with E-state index in [1.54, 1.807) is 16.6 Å². The number of aromatic amines is 1. The topological polar surface area (TPSA) is 110 Å². The van der Waals surface area contributed by atoms with Gasteiger partial charge in [-0.3, -0.25) is 4.98 Å². The second kappa shape index (κ2) is 8.54. The van der Waals surface area contributed by atoms with Gasteiger partial charge in [0.25, 0.3) is 0 Å². The number of nitrogens with zero attached hydrogens (tertiary/aromatic N) is 5. The standard InChI is InChI=1S/C24H21N7O2/c1-15-4-3-5-19(28-15)23-22(17-8-11-21-26-14-27-31(21)13-17)29-20(30-23)12-25-18-9-6-16(7-10-18)24(32)33-2/h3-11,13-14,25H,12H2,1-2H3,(H,29,30). The maximum atomic E-state index is 11.6. The van der Waals surface area contributed by atoms with Crippen molar-refractivity contribution in [2.24, 2.45) is 0 Å². The number of rotatable bonds is 6. The number of imidazole rings is 1. The average Bonchev–Trinajstić information content (AvgIpc) is 3.49. The Morgan fingerprint density at radius 2 is 1.94 bits per heavy atom. The fourth-order valence-electron chi connectivity index (χ4n) is 3.57. The van der Waals surface area contributed by atoms with Gasteiger partial charge in [0.15, 0.2) is 5.65 Å². The Morgan fingerprint density at radius 3 is 2.73 bits per heavy atom. The van der Waals surface area contributed by atoms with Gasteiger partial charge in [-0.25, -0.2) is 19.3 Å². The molecular formula is C24H21N7O2. The Bertz CT molecular complexity index is 1440. The number of esters is 1. The lowest BCUT2D eigenvalue weighted by Gasteiger charge is -2.05. The summed E-state index contributed by atoms with van der Waals surface area (Å²) in [5.74, 6) is 0.385. The van der Waals surface area contributed by atoms with Crippen molar-refractivity contribution in [1.29, 1.82) is 0 Å². The molecule has 1 aromatic carbocycles. The normalized spacial score (nSPS) is 11.0. The fourth-order valence-corrected chi connectivity index (χ4v) is 3.57. The van der Waals surface area contributed by atoms with Gasteiger partial charge in [0, 0.05) is 23.1 Å². The van der Waals surface area contributed by atoms with Crippen LogP contribution in [0.4, 0.5) is 5.69 Å². The minimum atomic E-state index is -0.364. The number of fused-ring (bicyclic) bond motifs is 1. The molecule has 0 radical (unpaired) electrons. The van der Waals surface area contributed by atoms with Crippen molar-refractivity contribution < 1.29 is 9.53 Å². The Hall–Kier alpha value is -4.53. The van der Waals surface area contributed by atoms with Crippen LogP contribution < -0.4 is 5.32 Å². The lowest BCUT2D eigenvalue weighted by atomic mass is 10.1. The molecule has 0 aliphatic carbocycles. The SMILES string of the molecule is COC(=O)c1ccc(NCc2nc(-c3ccc4ncnn4c3)c(-c3cccc(C)n3)[nH]2)cc1. The van der Waals surface area contributed by atoms with Gasteiger partial charge < -0.3 is 15.0 Å². The average molecular weight is 439 g/mol. The van der Waals surface area contributed by atoms with Gasteiger partial charge in [-0.05, 0) is 55.5 Å². The molecule has 0 fully saturated rings. The first-order chi connectivity index (χ1) is 16.1. The highest BCUT2D eigenvalue weighted by molar-refractivity contribution is 5.89. The third kappa shape index (κ3) is 4.16. The fraction of sp³-hybridized carbons (Fsp3) is 0.125. The number of ether oxygens (including phenoxy) is 1. The van der Waals surface area contributed by atoms with E-state index < -0.39 is 0 Å². The molecule has 0 atom stereocenters. The van der Waals surface area contributed by atoms with Gasteiger partial charge in [-0.2, -0.15) is 5.10 Å². The van der Waals surface area contributed by atoms with Gasteiger partial charge >= 0.3 is 5.97 Å². The summed E-state index contributed by atoms with van der Waals surface area (Å²) < 4.78 is 6.47. The van der Waals surface area contributed by atoms with E-state index in [-0.39, 0.29) is 5.97 Å². The number of hydrogen-bond donors (Lipinski definition) is 2. The van der Waals surface area contributed by atoms with Crippen LogP contribution in [0, 0.1) is 6.92 Å². The van der Waals surface area contributed by atoms with Crippen LogP contribution in [0.1, 0.15) is 21.9 Å². The molecule has 5 rings (SSSR count). The summed E-state index contributed by atoms with van der Waals surface area (Å²) in [6, 6.07) is 16.9. The number of anilines is 1. The van der Waals surface area contributed by atoms with E-state index >= 15 is 0 Å². The molecule has 33 heavy (non-hydrogen) atoms. The minimum absolute atomic E-state index is 0.364. The predicted octanol–water partition coefficient (Wildman–Crippen LogP) is 3.89.